The third-order valence-corrected chi connectivity index (χ3v) is 2.45. The molecule has 2 heterocycles. The van der Waals surface area contributed by atoms with Gasteiger partial charge >= 0.3 is 0 Å². The van der Waals surface area contributed by atoms with Crippen molar-refractivity contribution in [3.05, 3.63) is 24.0 Å². The average Bonchev–Trinajstić information content (AvgIpc) is 2.73. The van der Waals surface area contributed by atoms with Crippen molar-refractivity contribution >= 4 is 16.5 Å². The van der Waals surface area contributed by atoms with Crippen molar-refractivity contribution in [1.82, 2.24) is 15.2 Å². The van der Waals surface area contributed by atoms with Gasteiger partial charge in [-0.05, 0) is 17.4 Å². The minimum Gasteiger partial charge on any atom is -0.497 e. The van der Waals surface area contributed by atoms with Crippen LogP contribution >= 0.6 is 11.3 Å². The molecule has 0 saturated carbocycles. The summed E-state index contributed by atoms with van der Waals surface area (Å²) in [6.07, 6.45) is 1.66. The van der Waals surface area contributed by atoms with E-state index < -0.39 is 0 Å². The van der Waals surface area contributed by atoms with E-state index in [0.29, 0.717) is 16.9 Å². The van der Waals surface area contributed by atoms with E-state index in [1.54, 1.807) is 25.4 Å². The Balaban J connectivity index is 1.99. The van der Waals surface area contributed by atoms with Gasteiger partial charge in [-0.15, -0.1) is 5.10 Å². The van der Waals surface area contributed by atoms with E-state index in [1.165, 1.54) is 11.3 Å². The minimum absolute atomic E-state index is 0.311. The van der Waals surface area contributed by atoms with Crippen LogP contribution in [0.5, 0.6) is 10.9 Å². The fourth-order valence-corrected chi connectivity index (χ4v) is 1.54. The quantitative estimate of drug-likeness (QED) is 0.858. The number of pyridine rings is 1. The van der Waals surface area contributed by atoms with Gasteiger partial charge in [0.2, 0.25) is 5.13 Å². The summed E-state index contributed by atoms with van der Waals surface area (Å²) in [4.78, 5) is 4.13. The predicted octanol–water partition coefficient (Wildman–Crippen LogP) is 1.10. The van der Waals surface area contributed by atoms with Crippen LogP contribution in [0.15, 0.2) is 18.3 Å². The monoisotopic (exact) mass is 238 g/mol. The third kappa shape index (κ3) is 2.57. The number of ether oxygens (including phenoxy) is 2. The molecule has 16 heavy (non-hydrogen) atoms. The fourth-order valence-electron chi connectivity index (χ4n) is 1.08. The van der Waals surface area contributed by atoms with Gasteiger partial charge in [-0.1, -0.05) is 5.10 Å². The predicted molar refractivity (Wildman–Crippen MR) is 59.4 cm³/mol. The Hall–Kier alpha value is -1.89. The van der Waals surface area contributed by atoms with Gasteiger partial charge in [0.15, 0.2) is 0 Å². The molecule has 0 spiro atoms. The Morgan fingerprint density at radius 1 is 1.44 bits per heavy atom. The van der Waals surface area contributed by atoms with Gasteiger partial charge in [0.25, 0.3) is 5.19 Å². The molecule has 0 atom stereocenters. The molecular formula is C9H10N4O2S. The summed E-state index contributed by atoms with van der Waals surface area (Å²) in [6, 6.07) is 3.57. The maximum atomic E-state index is 5.42. The zero-order valence-corrected chi connectivity index (χ0v) is 9.40. The van der Waals surface area contributed by atoms with E-state index >= 15 is 0 Å². The number of hydrogen-bond acceptors (Lipinski definition) is 7. The molecule has 2 N–H and O–H groups in total. The number of anilines is 1. The summed E-state index contributed by atoms with van der Waals surface area (Å²) < 4.78 is 10.4. The van der Waals surface area contributed by atoms with Crippen LogP contribution in [0.1, 0.15) is 5.69 Å². The Kier molecular flexibility index (Phi) is 3.16. The van der Waals surface area contributed by atoms with Crippen molar-refractivity contribution in [2.45, 2.75) is 6.61 Å². The lowest BCUT2D eigenvalue weighted by atomic mass is 10.3. The zero-order valence-electron chi connectivity index (χ0n) is 8.58. The fraction of sp³-hybridized carbons (Fsp3) is 0.222. The third-order valence-electron chi connectivity index (χ3n) is 1.79. The molecule has 0 aromatic carbocycles. The molecule has 0 unspecified atom stereocenters. The van der Waals surface area contributed by atoms with Gasteiger partial charge < -0.3 is 15.2 Å². The standard InChI is InChI=1S/C9H10N4O2S/c1-14-7-2-3-11-6(4-7)5-15-9-13-12-8(10)16-9/h2-4H,5H2,1H3,(H2,10,12). The van der Waals surface area contributed by atoms with Crippen molar-refractivity contribution in [3.8, 4) is 10.9 Å². The number of methoxy groups -OCH3 is 1. The first-order valence-electron chi connectivity index (χ1n) is 4.48. The van der Waals surface area contributed by atoms with Gasteiger partial charge in [0.1, 0.15) is 12.4 Å². The van der Waals surface area contributed by atoms with Gasteiger partial charge in [-0.25, -0.2) is 0 Å². The molecule has 0 radical (unpaired) electrons. The lowest BCUT2D eigenvalue weighted by Crippen LogP contribution is -1.98. The Morgan fingerprint density at radius 2 is 2.31 bits per heavy atom. The lowest BCUT2D eigenvalue weighted by molar-refractivity contribution is 0.296. The molecule has 0 aliphatic rings. The molecule has 84 valence electrons. The first-order valence-corrected chi connectivity index (χ1v) is 5.30. The number of nitrogens with zero attached hydrogens (tertiary/aromatic N) is 3. The van der Waals surface area contributed by atoms with E-state index in [4.69, 9.17) is 15.2 Å². The van der Waals surface area contributed by atoms with E-state index in [0.717, 1.165) is 11.4 Å². The van der Waals surface area contributed by atoms with Crippen LogP contribution in [-0.4, -0.2) is 22.3 Å². The highest BCUT2D eigenvalue weighted by Gasteiger charge is 2.03. The second-order valence-corrected chi connectivity index (χ2v) is 3.85. The van der Waals surface area contributed by atoms with E-state index in [-0.39, 0.29) is 0 Å². The summed E-state index contributed by atoms with van der Waals surface area (Å²) in [6.45, 7) is 0.311. The SMILES string of the molecule is COc1ccnc(COc2nnc(N)s2)c1. The zero-order chi connectivity index (χ0) is 11.4. The highest BCUT2D eigenvalue weighted by atomic mass is 32.1. The molecule has 7 heteroatoms. The van der Waals surface area contributed by atoms with Crippen LogP contribution in [0, 0.1) is 0 Å². The first-order chi connectivity index (χ1) is 7.78. The van der Waals surface area contributed by atoms with E-state index in [2.05, 4.69) is 15.2 Å². The summed E-state index contributed by atoms with van der Waals surface area (Å²) in [5, 5.41) is 8.19. The second-order valence-electron chi connectivity index (χ2n) is 2.88. The number of hydrogen-bond donors (Lipinski definition) is 1. The molecule has 0 aliphatic heterocycles. The summed E-state index contributed by atoms with van der Waals surface area (Å²) in [5.74, 6) is 0.741. The van der Waals surface area contributed by atoms with Crippen LogP contribution < -0.4 is 15.2 Å². The molecule has 0 saturated heterocycles. The van der Waals surface area contributed by atoms with Gasteiger partial charge in [0, 0.05) is 12.3 Å². The Labute approximate surface area is 96.1 Å². The minimum atomic E-state index is 0.311. The largest absolute Gasteiger partial charge is 0.497 e. The van der Waals surface area contributed by atoms with Crippen LogP contribution in [0.3, 0.4) is 0 Å². The molecule has 2 aromatic rings. The molecule has 6 nitrogen and oxygen atoms in total. The van der Waals surface area contributed by atoms with Gasteiger partial charge in [-0.2, -0.15) is 0 Å². The molecule has 0 amide bonds. The van der Waals surface area contributed by atoms with Gasteiger partial charge in [-0.3, -0.25) is 4.98 Å². The topological polar surface area (TPSA) is 83.2 Å². The smallest absolute Gasteiger partial charge is 0.296 e. The normalized spacial score (nSPS) is 10.1. The number of aromatic nitrogens is 3. The number of nitrogen functional groups attached to an aromatic ring is 1. The maximum absolute atomic E-state index is 5.42. The second kappa shape index (κ2) is 4.75. The summed E-state index contributed by atoms with van der Waals surface area (Å²) in [5.41, 5.74) is 6.18. The average molecular weight is 238 g/mol. The maximum Gasteiger partial charge on any atom is 0.296 e. The van der Waals surface area contributed by atoms with Crippen molar-refractivity contribution in [1.29, 1.82) is 0 Å². The van der Waals surface area contributed by atoms with Crippen LogP contribution in [0.4, 0.5) is 5.13 Å². The molecular weight excluding hydrogens is 228 g/mol. The van der Waals surface area contributed by atoms with Crippen molar-refractivity contribution in [2.24, 2.45) is 0 Å². The molecule has 2 aromatic heterocycles. The highest BCUT2D eigenvalue weighted by molar-refractivity contribution is 7.16. The highest BCUT2D eigenvalue weighted by Crippen LogP contribution is 2.20. The first kappa shape index (κ1) is 10.6. The summed E-state index contributed by atoms with van der Waals surface area (Å²) >= 11 is 1.19. The Morgan fingerprint density at radius 3 is 3.00 bits per heavy atom. The molecule has 0 bridgehead atoms. The molecule has 2 rings (SSSR count). The van der Waals surface area contributed by atoms with Crippen LogP contribution in [-0.2, 0) is 6.61 Å². The van der Waals surface area contributed by atoms with Crippen molar-refractivity contribution < 1.29 is 9.47 Å². The van der Waals surface area contributed by atoms with E-state index in [1.807, 2.05) is 0 Å². The lowest BCUT2D eigenvalue weighted by Gasteiger charge is -2.03. The van der Waals surface area contributed by atoms with Crippen molar-refractivity contribution in [3.63, 3.8) is 0 Å². The number of rotatable bonds is 4. The summed E-state index contributed by atoms with van der Waals surface area (Å²) in [7, 11) is 1.60. The Bertz CT molecular complexity index is 474. The van der Waals surface area contributed by atoms with Crippen LogP contribution in [0.25, 0.3) is 0 Å². The van der Waals surface area contributed by atoms with Gasteiger partial charge in [0.05, 0.1) is 12.8 Å². The molecule has 0 aliphatic carbocycles. The van der Waals surface area contributed by atoms with Crippen LogP contribution in [0.2, 0.25) is 0 Å². The number of nitrogens with two attached hydrogens (primary N) is 1. The molecule has 0 fully saturated rings. The van der Waals surface area contributed by atoms with E-state index in [9.17, 15) is 0 Å². The van der Waals surface area contributed by atoms with Crippen molar-refractivity contribution in [2.75, 3.05) is 12.8 Å².